The molecule has 0 unspecified atom stereocenters. The van der Waals surface area contributed by atoms with E-state index in [9.17, 15) is 14.4 Å². The Hall–Kier alpha value is -2.87. The Bertz CT molecular complexity index is 1120. The summed E-state index contributed by atoms with van der Waals surface area (Å²) in [6, 6.07) is 11.8. The summed E-state index contributed by atoms with van der Waals surface area (Å²) in [6.45, 7) is 2.78. The summed E-state index contributed by atoms with van der Waals surface area (Å²) in [7, 11) is 3.07. The third-order valence-electron chi connectivity index (χ3n) is 5.03. The van der Waals surface area contributed by atoms with Crippen LogP contribution in [0.1, 0.15) is 9.67 Å². The number of thiophene rings is 1. The van der Waals surface area contributed by atoms with E-state index < -0.39 is 0 Å². The lowest BCUT2D eigenvalue weighted by Gasteiger charge is -2.35. The molecule has 140 valence electrons. The maximum absolute atomic E-state index is 12.9. The Morgan fingerprint density at radius 1 is 0.963 bits per heavy atom. The van der Waals surface area contributed by atoms with Crippen molar-refractivity contribution in [1.82, 2.24) is 14.0 Å². The molecule has 1 fully saturated rings. The minimum atomic E-state index is -0.384. The minimum Gasteiger partial charge on any atom is -0.368 e. The number of benzene rings is 1. The molecule has 4 rings (SSSR count). The molecule has 1 aliphatic rings. The van der Waals surface area contributed by atoms with Crippen molar-refractivity contribution >= 4 is 33.1 Å². The second-order valence-corrected chi connectivity index (χ2v) is 7.68. The molecule has 0 N–H and O–H groups in total. The van der Waals surface area contributed by atoms with E-state index in [0.717, 1.165) is 23.3 Å². The number of carbonyl (C=O) groups excluding carboxylic acids is 1. The highest BCUT2D eigenvalue weighted by molar-refractivity contribution is 7.20. The van der Waals surface area contributed by atoms with Gasteiger partial charge in [-0.3, -0.25) is 18.7 Å². The van der Waals surface area contributed by atoms with Crippen molar-refractivity contribution in [2.75, 3.05) is 31.1 Å². The van der Waals surface area contributed by atoms with Gasteiger partial charge in [-0.25, -0.2) is 4.79 Å². The van der Waals surface area contributed by atoms with Crippen LogP contribution in [0.5, 0.6) is 0 Å². The first-order valence-electron chi connectivity index (χ1n) is 8.76. The van der Waals surface area contributed by atoms with Gasteiger partial charge in [-0.05, 0) is 18.2 Å². The number of nitrogens with zero attached hydrogens (tertiary/aromatic N) is 4. The molecule has 0 aliphatic carbocycles. The number of aromatic nitrogens is 2. The van der Waals surface area contributed by atoms with Gasteiger partial charge in [0.05, 0.1) is 10.3 Å². The topological polar surface area (TPSA) is 67.6 Å². The first kappa shape index (κ1) is 17.5. The van der Waals surface area contributed by atoms with E-state index in [1.165, 1.54) is 23.0 Å². The first-order valence-corrected chi connectivity index (χ1v) is 9.58. The highest BCUT2D eigenvalue weighted by Gasteiger charge is 2.25. The molecule has 2 aromatic heterocycles. The van der Waals surface area contributed by atoms with Crippen LogP contribution in [-0.2, 0) is 14.1 Å². The van der Waals surface area contributed by atoms with Gasteiger partial charge in [0.15, 0.2) is 0 Å². The number of hydrogen-bond acceptors (Lipinski definition) is 5. The Morgan fingerprint density at radius 2 is 1.63 bits per heavy atom. The number of carbonyl (C=O) groups is 1. The molecule has 1 aliphatic heterocycles. The van der Waals surface area contributed by atoms with Crippen molar-refractivity contribution in [3.8, 4) is 0 Å². The zero-order chi connectivity index (χ0) is 19.1. The number of para-hydroxylation sites is 1. The van der Waals surface area contributed by atoms with Crippen molar-refractivity contribution in [3.05, 3.63) is 62.1 Å². The number of hydrogen-bond donors (Lipinski definition) is 0. The Labute approximate surface area is 159 Å². The number of anilines is 1. The predicted molar refractivity (Wildman–Crippen MR) is 107 cm³/mol. The van der Waals surface area contributed by atoms with Gasteiger partial charge < -0.3 is 9.80 Å². The lowest BCUT2D eigenvalue weighted by atomic mass is 10.2. The molecule has 0 radical (unpaired) electrons. The Morgan fingerprint density at radius 3 is 2.30 bits per heavy atom. The Kier molecular flexibility index (Phi) is 4.35. The molecule has 8 heteroatoms. The summed E-state index contributed by atoms with van der Waals surface area (Å²) in [5, 5.41) is 0.413. The quantitative estimate of drug-likeness (QED) is 0.667. The van der Waals surface area contributed by atoms with Crippen LogP contribution in [0, 0.1) is 0 Å². The van der Waals surface area contributed by atoms with Crippen LogP contribution in [0.2, 0.25) is 0 Å². The van der Waals surface area contributed by atoms with Gasteiger partial charge in [0.1, 0.15) is 4.83 Å². The smallest absolute Gasteiger partial charge is 0.331 e. The van der Waals surface area contributed by atoms with Crippen molar-refractivity contribution in [1.29, 1.82) is 0 Å². The molecule has 27 heavy (non-hydrogen) atoms. The molecule has 3 aromatic rings. The molecule has 1 aromatic carbocycles. The van der Waals surface area contributed by atoms with E-state index in [4.69, 9.17) is 0 Å². The van der Waals surface area contributed by atoms with Crippen LogP contribution < -0.4 is 16.1 Å². The Balaban J connectivity index is 1.57. The zero-order valence-electron chi connectivity index (χ0n) is 15.2. The van der Waals surface area contributed by atoms with Gasteiger partial charge in [-0.1, -0.05) is 18.2 Å². The number of piperazine rings is 1. The summed E-state index contributed by atoms with van der Waals surface area (Å²) in [5.74, 6) is -0.0848. The first-order chi connectivity index (χ1) is 13.0. The monoisotopic (exact) mass is 384 g/mol. The highest BCUT2D eigenvalue weighted by Crippen LogP contribution is 2.24. The van der Waals surface area contributed by atoms with Crippen LogP contribution in [0.25, 0.3) is 10.2 Å². The normalized spacial score (nSPS) is 14.7. The van der Waals surface area contributed by atoms with Crippen molar-refractivity contribution in [2.45, 2.75) is 0 Å². The summed E-state index contributed by atoms with van der Waals surface area (Å²) in [4.78, 5) is 42.5. The van der Waals surface area contributed by atoms with Crippen molar-refractivity contribution < 1.29 is 4.79 Å². The predicted octanol–water partition coefficient (Wildman–Crippen LogP) is 1.26. The average Bonchev–Trinajstić information content (AvgIpc) is 3.16. The summed E-state index contributed by atoms with van der Waals surface area (Å²) < 4.78 is 2.49. The molecule has 0 spiro atoms. The largest absolute Gasteiger partial charge is 0.368 e. The van der Waals surface area contributed by atoms with E-state index in [1.807, 2.05) is 23.1 Å². The van der Waals surface area contributed by atoms with E-state index in [-0.39, 0.29) is 17.2 Å². The third kappa shape index (κ3) is 2.95. The van der Waals surface area contributed by atoms with Gasteiger partial charge in [0, 0.05) is 46.0 Å². The standard InChI is InChI=1S/C19H20N4O3S/c1-20-16(24)14-12-15(27-18(14)21(2)19(20)26)17(25)23-10-8-22(9-11-23)13-6-4-3-5-7-13/h3-7,12H,8-11H2,1-2H3. The molecule has 7 nitrogen and oxygen atoms in total. The molecular formula is C19H20N4O3S. The molecule has 1 saturated heterocycles. The van der Waals surface area contributed by atoms with E-state index in [1.54, 1.807) is 13.1 Å². The fraction of sp³-hybridized carbons (Fsp3) is 0.316. The minimum absolute atomic E-state index is 0.0848. The number of fused-ring (bicyclic) bond motifs is 1. The van der Waals surface area contributed by atoms with Gasteiger partial charge in [-0.2, -0.15) is 0 Å². The van der Waals surface area contributed by atoms with Crippen molar-refractivity contribution in [3.63, 3.8) is 0 Å². The molecular weight excluding hydrogens is 364 g/mol. The summed E-state index contributed by atoms with van der Waals surface area (Å²) >= 11 is 1.20. The maximum atomic E-state index is 12.9. The van der Waals surface area contributed by atoms with Gasteiger partial charge in [0.2, 0.25) is 0 Å². The van der Waals surface area contributed by atoms with Crippen LogP contribution in [0.4, 0.5) is 5.69 Å². The van der Waals surface area contributed by atoms with Gasteiger partial charge in [0.25, 0.3) is 11.5 Å². The second kappa shape index (κ2) is 6.70. The lowest BCUT2D eigenvalue weighted by Crippen LogP contribution is -2.48. The fourth-order valence-corrected chi connectivity index (χ4v) is 4.50. The number of aryl methyl sites for hydroxylation is 1. The van der Waals surface area contributed by atoms with Crippen LogP contribution in [-0.4, -0.2) is 46.1 Å². The van der Waals surface area contributed by atoms with E-state index in [2.05, 4.69) is 17.0 Å². The molecule has 3 heterocycles. The van der Waals surface area contributed by atoms with E-state index in [0.29, 0.717) is 28.2 Å². The van der Waals surface area contributed by atoms with Gasteiger partial charge in [-0.15, -0.1) is 11.3 Å². The third-order valence-corrected chi connectivity index (χ3v) is 6.22. The lowest BCUT2D eigenvalue weighted by molar-refractivity contribution is 0.0751. The van der Waals surface area contributed by atoms with Gasteiger partial charge >= 0.3 is 5.69 Å². The van der Waals surface area contributed by atoms with Crippen LogP contribution in [0.15, 0.2) is 46.0 Å². The molecule has 0 atom stereocenters. The SMILES string of the molecule is Cn1c(=O)c2cc(C(=O)N3CCN(c4ccccc4)CC3)sc2n(C)c1=O. The average molecular weight is 384 g/mol. The van der Waals surface area contributed by atoms with E-state index >= 15 is 0 Å². The van der Waals surface area contributed by atoms with Crippen LogP contribution >= 0.6 is 11.3 Å². The summed E-state index contributed by atoms with van der Waals surface area (Å²) in [5.41, 5.74) is 0.409. The van der Waals surface area contributed by atoms with Crippen LogP contribution in [0.3, 0.4) is 0 Å². The second-order valence-electron chi connectivity index (χ2n) is 6.65. The number of amides is 1. The number of rotatable bonds is 2. The van der Waals surface area contributed by atoms with Crippen molar-refractivity contribution in [2.24, 2.45) is 14.1 Å². The fourth-order valence-electron chi connectivity index (χ4n) is 3.43. The zero-order valence-corrected chi connectivity index (χ0v) is 16.0. The molecule has 0 bridgehead atoms. The maximum Gasteiger partial charge on any atom is 0.331 e. The summed E-state index contributed by atoms with van der Waals surface area (Å²) in [6.07, 6.45) is 0. The molecule has 1 amide bonds. The highest BCUT2D eigenvalue weighted by atomic mass is 32.1. The molecule has 0 saturated carbocycles.